The number of esters is 1. The first-order chi connectivity index (χ1) is 10.4. The first-order valence-electron chi connectivity index (χ1n) is 7.07. The van der Waals surface area contributed by atoms with Crippen LogP contribution in [0.5, 0.6) is 0 Å². The Balaban J connectivity index is 0.000000295. The second kappa shape index (κ2) is 8.34. The van der Waals surface area contributed by atoms with E-state index >= 15 is 0 Å². The predicted molar refractivity (Wildman–Crippen MR) is 85.5 cm³/mol. The summed E-state index contributed by atoms with van der Waals surface area (Å²) in [4.78, 5) is 20.9. The van der Waals surface area contributed by atoms with Crippen LogP contribution in [-0.2, 0) is 14.3 Å². The minimum atomic E-state index is -0.318. The molecule has 0 spiro atoms. The summed E-state index contributed by atoms with van der Waals surface area (Å²) in [6.07, 6.45) is 2.14. The lowest BCUT2D eigenvalue weighted by molar-refractivity contribution is -0.138. The van der Waals surface area contributed by atoms with Crippen molar-refractivity contribution >= 4 is 18.0 Å². The first-order valence-corrected chi connectivity index (χ1v) is 7.07. The lowest BCUT2D eigenvalue weighted by Crippen LogP contribution is -2.17. The monoisotopic (exact) mass is 305 g/mol. The number of hydrogen-bond donors (Lipinski definition) is 1. The zero-order valence-corrected chi connectivity index (χ0v) is 13.5. The Kier molecular flexibility index (Phi) is 6.79. The van der Waals surface area contributed by atoms with Gasteiger partial charge in [-0.05, 0) is 44.0 Å². The van der Waals surface area contributed by atoms with Crippen LogP contribution in [0.2, 0.25) is 0 Å². The molecule has 0 saturated heterocycles. The molecule has 5 nitrogen and oxygen atoms in total. The highest BCUT2D eigenvalue weighted by Crippen LogP contribution is 2.17. The third-order valence-electron chi connectivity index (χ3n) is 2.86. The summed E-state index contributed by atoms with van der Waals surface area (Å²) < 4.78 is 9.23. The maximum atomic E-state index is 11.3. The van der Waals surface area contributed by atoms with Crippen molar-refractivity contribution in [2.24, 2.45) is 0 Å². The van der Waals surface area contributed by atoms with Crippen LogP contribution in [0.1, 0.15) is 36.7 Å². The van der Waals surface area contributed by atoms with Crippen LogP contribution in [0, 0.1) is 0 Å². The normalized spacial score (nSPS) is 13.5. The lowest BCUT2D eigenvalue weighted by Gasteiger charge is -2.14. The number of carbonyl (C=O) groups is 2. The number of rotatable bonds is 3. The fraction of sp³-hybridized carbons (Fsp3) is 0.412. The zero-order valence-electron chi connectivity index (χ0n) is 13.5. The molecule has 120 valence electrons. The van der Waals surface area contributed by atoms with Crippen LogP contribution in [0.4, 0.5) is 0 Å². The Morgan fingerprint density at radius 2 is 2.05 bits per heavy atom. The highest BCUT2D eigenvalue weighted by molar-refractivity contribution is 5.90. The number of nitrogens with one attached hydrogen (secondary N) is 1. The fourth-order valence-corrected chi connectivity index (χ4v) is 1.80. The number of carbonyl (C=O) groups excluding carboxylic acids is 2. The van der Waals surface area contributed by atoms with Crippen LogP contribution in [0.15, 0.2) is 30.3 Å². The maximum Gasteiger partial charge on any atom is 0.337 e. The summed E-state index contributed by atoms with van der Waals surface area (Å²) in [5.74, 6) is -0.289. The van der Waals surface area contributed by atoms with Crippen molar-refractivity contribution in [2.45, 2.75) is 26.4 Å². The van der Waals surface area contributed by atoms with E-state index in [0.717, 1.165) is 18.7 Å². The van der Waals surface area contributed by atoms with E-state index in [-0.39, 0.29) is 11.6 Å². The topological polar surface area (TPSA) is 64.6 Å². The van der Waals surface area contributed by atoms with Crippen molar-refractivity contribution in [1.29, 1.82) is 0 Å². The van der Waals surface area contributed by atoms with Crippen LogP contribution in [0.3, 0.4) is 0 Å². The summed E-state index contributed by atoms with van der Waals surface area (Å²) in [5, 5.41) is 3.22. The Morgan fingerprint density at radius 1 is 1.32 bits per heavy atom. The molecule has 22 heavy (non-hydrogen) atoms. The van der Waals surface area contributed by atoms with E-state index in [1.54, 1.807) is 6.07 Å². The van der Waals surface area contributed by atoms with Gasteiger partial charge in [-0.1, -0.05) is 18.2 Å². The molecule has 0 amide bonds. The molecule has 0 fully saturated rings. The van der Waals surface area contributed by atoms with Crippen LogP contribution in [-0.4, -0.2) is 38.2 Å². The summed E-state index contributed by atoms with van der Waals surface area (Å²) in [6.45, 7) is 7.69. The standard InChI is InChI=1S/C12H13NO2.C5H10O2/c1-15-12(14)10-4-2-3-9(7-10)11-5-6-13-8-11;1-5(2,3)7-4-6/h2-5,7,13H,6,8H2,1H3;4H,1-3H3. The summed E-state index contributed by atoms with van der Waals surface area (Å²) >= 11 is 0. The van der Waals surface area contributed by atoms with Crippen molar-refractivity contribution in [3.8, 4) is 0 Å². The maximum absolute atomic E-state index is 11.3. The van der Waals surface area contributed by atoms with Crippen molar-refractivity contribution < 1.29 is 19.1 Å². The molecule has 1 aromatic rings. The highest BCUT2D eigenvalue weighted by atomic mass is 16.5. The second-order valence-corrected chi connectivity index (χ2v) is 5.76. The average Bonchev–Trinajstić information content (AvgIpc) is 3.00. The van der Waals surface area contributed by atoms with Crippen LogP contribution in [0.25, 0.3) is 5.57 Å². The fourth-order valence-electron chi connectivity index (χ4n) is 1.80. The molecule has 0 aliphatic carbocycles. The third-order valence-corrected chi connectivity index (χ3v) is 2.86. The molecule has 1 aliphatic rings. The summed E-state index contributed by atoms with van der Waals surface area (Å²) in [6, 6.07) is 7.51. The van der Waals surface area contributed by atoms with Gasteiger partial charge >= 0.3 is 5.97 Å². The van der Waals surface area contributed by atoms with Gasteiger partial charge in [-0.2, -0.15) is 0 Å². The van der Waals surface area contributed by atoms with Crippen molar-refractivity contribution in [3.05, 3.63) is 41.5 Å². The van der Waals surface area contributed by atoms with Gasteiger partial charge in [0.05, 0.1) is 12.7 Å². The van der Waals surface area contributed by atoms with Gasteiger partial charge in [0.2, 0.25) is 0 Å². The molecule has 0 atom stereocenters. The second-order valence-electron chi connectivity index (χ2n) is 5.76. The highest BCUT2D eigenvalue weighted by Gasteiger charge is 2.10. The van der Waals surface area contributed by atoms with Gasteiger partial charge in [-0.15, -0.1) is 0 Å². The van der Waals surface area contributed by atoms with E-state index < -0.39 is 0 Å². The first kappa shape index (κ1) is 17.9. The average molecular weight is 305 g/mol. The van der Waals surface area contributed by atoms with E-state index in [9.17, 15) is 9.59 Å². The van der Waals surface area contributed by atoms with E-state index in [0.29, 0.717) is 12.0 Å². The molecule has 0 radical (unpaired) electrons. The van der Waals surface area contributed by atoms with Crippen LogP contribution < -0.4 is 5.32 Å². The Morgan fingerprint density at radius 3 is 2.50 bits per heavy atom. The van der Waals surface area contributed by atoms with E-state index in [1.165, 1.54) is 12.7 Å². The van der Waals surface area contributed by atoms with Crippen molar-refractivity contribution in [2.75, 3.05) is 20.2 Å². The van der Waals surface area contributed by atoms with Crippen molar-refractivity contribution in [1.82, 2.24) is 5.32 Å². The molecule has 2 rings (SSSR count). The van der Waals surface area contributed by atoms with Crippen molar-refractivity contribution in [3.63, 3.8) is 0 Å². The van der Waals surface area contributed by atoms with Gasteiger partial charge in [0.25, 0.3) is 6.47 Å². The minimum absolute atomic E-state index is 0.289. The summed E-state index contributed by atoms with van der Waals surface area (Å²) in [5.41, 5.74) is 2.60. The number of hydrogen-bond acceptors (Lipinski definition) is 5. The Hall–Kier alpha value is -2.14. The molecule has 0 unspecified atom stereocenters. The molecule has 0 bridgehead atoms. The van der Waals surface area contributed by atoms with Gasteiger partial charge in [-0.25, -0.2) is 4.79 Å². The largest absolute Gasteiger partial charge is 0.465 e. The van der Waals surface area contributed by atoms with Gasteiger partial charge in [-0.3, -0.25) is 4.79 Å². The number of benzene rings is 1. The quantitative estimate of drug-likeness (QED) is 0.686. The minimum Gasteiger partial charge on any atom is -0.465 e. The lowest BCUT2D eigenvalue weighted by atomic mass is 10.0. The van der Waals surface area contributed by atoms with Crippen LogP contribution >= 0.6 is 0 Å². The molecule has 0 aromatic heterocycles. The predicted octanol–water partition coefficient (Wildman–Crippen LogP) is 2.42. The van der Waals surface area contributed by atoms with Gasteiger partial charge in [0.15, 0.2) is 0 Å². The molecular formula is C17H23NO4. The molecule has 1 heterocycles. The molecule has 1 aliphatic heterocycles. The van der Waals surface area contributed by atoms with Gasteiger partial charge < -0.3 is 14.8 Å². The molecule has 1 N–H and O–H groups in total. The number of ether oxygens (including phenoxy) is 2. The Labute approximate surface area is 131 Å². The Bertz CT molecular complexity index is 544. The van der Waals surface area contributed by atoms with Gasteiger partial charge in [0.1, 0.15) is 5.60 Å². The molecular weight excluding hydrogens is 282 g/mol. The van der Waals surface area contributed by atoms with E-state index in [1.807, 2.05) is 39.0 Å². The van der Waals surface area contributed by atoms with E-state index in [4.69, 9.17) is 0 Å². The molecule has 5 heteroatoms. The number of methoxy groups -OCH3 is 1. The smallest absolute Gasteiger partial charge is 0.337 e. The molecule has 0 saturated carbocycles. The van der Waals surface area contributed by atoms with Gasteiger partial charge in [0, 0.05) is 13.1 Å². The zero-order chi connectivity index (χ0) is 16.6. The SMILES string of the molecule is CC(C)(C)OC=O.COC(=O)c1cccc(C2=CCNC2)c1. The molecule has 1 aromatic carbocycles. The van der Waals surface area contributed by atoms with E-state index in [2.05, 4.69) is 20.9 Å². The third kappa shape index (κ3) is 6.10. The summed E-state index contributed by atoms with van der Waals surface area (Å²) in [7, 11) is 1.39.